The summed E-state index contributed by atoms with van der Waals surface area (Å²) in [5, 5.41) is 2.62. The standard InChI is InChI=1S/C20H29N3O5/c1-14(21-19(25)28-20(2,3)4)18(24)23-9-7-22(8-10-23)12-15-5-6-16-17(11-15)27-13-26-16/h5-6,11,14H,7-10,12-13H2,1-4H3,(H,21,25). The summed E-state index contributed by atoms with van der Waals surface area (Å²) >= 11 is 0. The molecule has 0 spiro atoms. The second kappa shape index (κ2) is 8.26. The molecule has 0 saturated carbocycles. The number of benzene rings is 1. The van der Waals surface area contributed by atoms with Gasteiger partial charge in [-0.2, -0.15) is 0 Å². The minimum atomic E-state index is -0.616. The fourth-order valence-corrected chi connectivity index (χ4v) is 3.24. The van der Waals surface area contributed by atoms with E-state index in [0.717, 1.165) is 36.7 Å². The Bertz CT molecular complexity index is 723. The predicted octanol–water partition coefficient (Wildman–Crippen LogP) is 1.97. The smallest absolute Gasteiger partial charge is 0.408 e. The minimum Gasteiger partial charge on any atom is -0.454 e. The number of carbonyl (C=O) groups excluding carboxylic acids is 2. The molecule has 154 valence electrons. The number of carbonyl (C=O) groups is 2. The summed E-state index contributed by atoms with van der Waals surface area (Å²) in [6, 6.07) is 5.36. The molecule has 3 rings (SSSR count). The fourth-order valence-electron chi connectivity index (χ4n) is 3.24. The first-order valence-electron chi connectivity index (χ1n) is 9.60. The van der Waals surface area contributed by atoms with Crippen LogP contribution in [0.2, 0.25) is 0 Å². The lowest BCUT2D eigenvalue weighted by atomic mass is 10.1. The normalized spacial score (nSPS) is 17.9. The summed E-state index contributed by atoms with van der Waals surface area (Å²) in [5.74, 6) is 1.48. The molecule has 1 atom stereocenters. The van der Waals surface area contributed by atoms with Crippen molar-refractivity contribution in [3.05, 3.63) is 23.8 Å². The lowest BCUT2D eigenvalue weighted by Gasteiger charge is -2.36. The van der Waals surface area contributed by atoms with Gasteiger partial charge in [0.15, 0.2) is 11.5 Å². The van der Waals surface area contributed by atoms with E-state index in [-0.39, 0.29) is 12.7 Å². The molecule has 2 aliphatic heterocycles. The molecule has 2 aliphatic rings. The lowest BCUT2D eigenvalue weighted by Crippen LogP contribution is -2.54. The molecular formula is C20H29N3O5. The monoisotopic (exact) mass is 391 g/mol. The average Bonchev–Trinajstić information content (AvgIpc) is 3.08. The molecule has 1 aromatic rings. The number of ether oxygens (including phenoxy) is 3. The van der Waals surface area contributed by atoms with Gasteiger partial charge in [0.2, 0.25) is 12.7 Å². The van der Waals surface area contributed by atoms with Crippen molar-refractivity contribution in [2.45, 2.75) is 45.9 Å². The van der Waals surface area contributed by atoms with Crippen LogP contribution >= 0.6 is 0 Å². The molecule has 2 amide bonds. The molecule has 8 nitrogen and oxygen atoms in total. The molecule has 1 fully saturated rings. The van der Waals surface area contributed by atoms with Gasteiger partial charge in [-0.05, 0) is 45.4 Å². The second-order valence-electron chi connectivity index (χ2n) is 8.16. The van der Waals surface area contributed by atoms with Gasteiger partial charge in [0.05, 0.1) is 0 Å². The number of hydrogen-bond donors (Lipinski definition) is 1. The molecule has 1 unspecified atom stereocenters. The Kier molecular flexibility index (Phi) is 5.98. The third-order valence-corrected chi connectivity index (χ3v) is 4.63. The fraction of sp³-hybridized carbons (Fsp3) is 0.600. The van der Waals surface area contributed by atoms with Gasteiger partial charge in [0.1, 0.15) is 11.6 Å². The number of hydrogen-bond acceptors (Lipinski definition) is 6. The van der Waals surface area contributed by atoms with E-state index >= 15 is 0 Å². The molecule has 8 heteroatoms. The van der Waals surface area contributed by atoms with Crippen molar-refractivity contribution >= 4 is 12.0 Å². The van der Waals surface area contributed by atoms with Crippen molar-refractivity contribution in [2.75, 3.05) is 33.0 Å². The van der Waals surface area contributed by atoms with Crippen LogP contribution in [-0.2, 0) is 16.1 Å². The van der Waals surface area contributed by atoms with Crippen LogP contribution in [0.3, 0.4) is 0 Å². The summed E-state index contributed by atoms with van der Waals surface area (Å²) in [5.41, 5.74) is 0.566. The van der Waals surface area contributed by atoms with E-state index < -0.39 is 17.7 Å². The number of nitrogens with one attached hydrogen (secondary N) is 1. The van der Waals surface area contributed by atoms with Crippen molar-refractivity contribution in [2.24, 2.45) is 0 Å². The zero-order chi connectivity index (χ0) is 20.3. The van der Waals surface area contributed by atoms with Gasteiger partial charge in [-0.1, -0.05) is 6.07 Å². The van der Waals surface area contributed by atoms with Gasteiger partial charge in [0, 0.05) is 32.7 Å². The van der Waals surface area contributed by atoms with Crippen LogP contribution in [0, 0.1) is 0 Å². The first-order valence-corrected chi connectivity index (χ1v) is 9.60. The number of piperazine rings is 1. The number of alkyl carbamates (subject to hydrolysis) is 1. The highest BCUT2D eigenvalue weighted by molar-refractivity contribution is 5.85. The zero-order valence-electron chi connectivity index (χ0n) is 17.0. The molecule has 0 bridgehead atoms. The molecule has 1 saturated heterocycles. The minimum absolute atomic E-state index is 0.0893. The largest absolute Gasteiger partial charge is 0.454 e. The number of amides is 2. The van der Waals surface area contributed by atoms with Gasteiger partial charge in [-0.25, -0.2) is 4.79 Å². The summed E-state index contributed by atoms with van der Waals surface area (Å²) in [4.78, 5) is 28.5. The molecule has 2 heterocycles. The quantitative estimate of drug-likeness (QED) is 0.845. The Balaban J connectivity index is 1.45. The summed E-state index contributed by atoms with van der Waals surface area (Å²) in [6.45, 7) is 10.9. The van der Waals surface area contributed by atoms with E-state index in [9.17, 15) is 9.59 Å². The summed E-state index contributed by atoms with van der Waals surface area (Å²) in [7, 11) is 0. The first-order chi connectivity index (χ1) is 13.2. The average molecular weight is 391 g/mol. The van der Waals surface area contributed by atoms with Crippen LogP contribution in [0.15, 0.2) is 18.2 Å². The first kappa shape index (κ1) is 20.3. The number of fused-ring (bicyclic) bond motifs is 1. The Morgan fingerprint density at radius 3 is 2.50 bits per heavy atom. The van der Waals surface area contributed by atoms with Crippen LogP contribution in [0.5, 0.6) is 11.5 Å². The molecule has 1 aromatic carbocycles. The van der Waals surface area contributed by atoms with Gasteiger partial charge in [-0.3, -0.25) is 9.69 Å². The Labute approximate surface area is 165 Å². The van der Waals surface area contributed by atoms with Gasteiger partial charge < -0.3 is 24.4 Å². The van der Waals surface area contributed by atoms with Crippen LogP contribution in [-0.4, -0.2) is 66.4 Å². The Morgan fingerprint density at radius 1 is 1.14 bits per heavy atom. The van der Waals surface area contributed by atoms with Crippen LogP contribution in [0.4, 0.5) is 4.79 Å². The molecule has 0 radical (unpaired) electrons. The van der Waals surface area contributed by atoms with E-state index in [4.69, 9.17) is 14.2 Å². The molecule has 28 heavy (non-hydrogen) atoms. The summed E-state index contributed by atoms with van der Waals surface area (Å²) < 4.78 is 16.0. The number of rotatable bonds is 4. The summed E-state index contributed by atoms with van der Waals surface area (Å²) in [6.07, 6.45) is -0.574. The third kappa shape index (κ3) is 5.28. The van der Waals surface area contributed by atoms with Crippen molar-refractivity contribution in [3.8, 4) is 11.5 Å². The maximum Gasteiger partial charge on any atom is 0.408 e. The van der Waals surface area contributed by atoms with E-state index in [1.807, 2.05) is 18.2 Å². The van der Waals surface area contributed by atoms with Crippen LogP contribution < -0.4 is 14.8 Å². The Hall–Kier alpha value is -2.48. The van der Waals surface area contributed by atoms with Crippen LogP contribution in [0.25, 0.3) is 0 Å². The van der Waals surface area contributed by atoms with Crippen molar-refractivity contribution in [1.29, 1.82) is 0 Å². The maximum absolute atomic E-state index is 12.6. The van der Waals surface area contributed by atoms with E-state index in [0.29, 0.717) is 13.1 Å². The van der Waals surface area contributed by atoms with Gasteiger partial charge >= 0.3 is 6.09 Å². The maximum atomic E-state index is 12.6. The van der Waals surface area contributed by atoms with Crippen molar-refractivity contribution in [3.63, 3.8) is 0 Å². The molecule has 0 aromatic heterocycles. The Morgan fingerprint density at radius 2 is 1.82 bits per heavy atom. The number of nitrogens with zero attached hydrogens (tertiary/aromatic N) is 2. The molecule has 1 N–H and O–H groups in total. The van der Waals surface area contributed by atoms with Gasteiger partial charge in [-0.15, -0.1) is 0 Å². The van der Waals surface area contributed by atoms with Crippen LogP contribution in [0.1, 0.15) is 33.3 Å². The SMILES string of the molecule is CC(NC(=O)OC(C)(C)C)C(=O)N1CCN(Cc2ccc3c(c2)OCO3)CC1. The lowest BCUT2D eigenvalue weighted by molar-refractivity contribution is -0.134. The molecule has 0 aliphatic carbocycles. The van der Waals surface area contributed by atoms with Gasteiger partial charge in [0.25, 0.3) is 0 Å². The second-order valence-corrected chi connectivity index (χ2v) is 8.16. The highest BCUT2D eigenvalue weighted by Gasteiger charge is 2.27. The highest BCUT2D eigenvalue weighted by Crippen LogP contribution is 2.32. The zero-order valence-corrected chi connectivity index (χ0v) is 17.0. The van der Waals surface area contributed by atoms with E-state index in [2.05, 4.69) is 10.2 Å². The highest BCUT2D eigenvalue weighted by atomic mass is 16.7. The van der Waals surface area contributed by atoms with E-state index in [1.165, 1.54) is 0 Å². The molecular weight excluding hydrogens is 362 g/mol. The topological polar surface area (TPSA) is 80.3 Å². The van der Waals surface area contributed by atoms with Crippen molar-refractivity contribution < 1.29 is 23.8 Å². The van der Waals surface area contributed by atoms with Crippen molar-refractivity contribution in [1.82, 2.24) is 15.1 Å². The third-order valence-electron chi connectivity index (χ3n) is 4.63. The van der Waals surface area contributed by atoms with E-state index in [1.54, 1.807) is 32.6 Å². The predicted molar refractivity (Wildman–Crippen MR) is 103 cm³/mol.